The van der Waals surface area contributed by atoms with Crippen LogP contribution in [0.2, 0.25) is 0 Å². The fraction of sp³-hybridized carbons (Fsp3) is 0.690. The van der Waals surface area contributed by atoms with Gasteiger partial charge in [0, 0.05) is 48.6 Å². The zero-order valence-electron chi connectivity index (χ0n) is 22.5. The van der Waals surface area contributed by atoms with E-state index in [1.807, 2.05) is 24.3 Å². The van der Waals surface area contributed by atoms with E-state index < -0.39 is 0 Å². The summed E-state index contributed by atoms with van der Waals surface area (Å²) in [7, 11) is 3.17. The summed E-state index contributed by atoms with van der Waals surface area (Å²) in [6, 6.07) is 7.52. The minimum absolute atomic E-state index is 0.0482. The molecule has 2 aromatic rings. The average molecular weight is 564 g/mol. The number of hydrogen-bond acceptors (Lipinski definition) is 7. The van der Waals surface area contributed by atoms with Crippen LogP contribution in [0.1, 0.15) is 75.6 Å². The van der Waals surface area contributed by atoms with Crippen molar-refractivity contribution < 1.29 is 14.3 Å². The Kier molecular flexibility index (Phi) is 11.0. The minimum atomic E-state index is 0.0482. The number of hydrogen-bond donors (Lipinski definition) is 0. The first-order valence-electron chi connectivity index (χ1n) is 14.0. The molecule has 7 nitrogen and oxygen atoms in total. The predicted molar refractivity (Wildman–Crippen MR) is 149 cm³/mol. The molecule has 2 aromatic heterocycles. The number of ketones is 1. The normalized spacial score (nSPS) is 25.4. The molecule has 2 atom stereocenters. The molecule has 2 unspecified atom stereocenters. The van der Waals surface area contributed by atoms with Gasteiger partial charge in [0.1, 0.15) is 5.78 Å². The third-order valence-electron chi connectivity index (χ3n) is 8.46. The fourth-order valence-corrected chi connectivity index (χ4v) is 6.92. The first-order valence-corrected chi connectivity index (χ1v) is 14.8. The summed E-state index contributed by atoms with van der Waals surface area (Å²) in [5.74, 6) is 3.39. The molecule has 2 heterocycles. The van der Waals surface area contributed by atoms with Gasteiger partial charge in [-0.2, -0.15) is 10.2 Å². The molecular formula is C29H40Cl2N4O3. The van der Waals surface area contributed by atoms with Crippen molar-refractivity contribution in [3.8, 4) is 11.8 Å². The molecule has 0 bridgehead atoms. The van der Waals surface area contributed by atoms with Gasteiger partial charge in [-0.05, 0) is 87.2 Å². The zero-order valence-corrected chi connectivity index (χ0v) is 24.0. The number of nitrogens with zero attached hydrogens (tertiary/aromatic N) is 4. The lowest BCUT2D eigenvalue weighted by Gasteiger charge is -2.32. The van der Waals surface area contributed by atoms with Crippen molar-refractivity contribution >= 4 is 29.0 Å². The van der Waals surface area contributed by atoms with Crippen LogP contribution < -0.4 is 9.47 Å². The van der Waals surface area contributed by atoms with Gasteiger partial charge >= 0.3 is 0 Å². The molecule has 0 radical (unpaired) electrons. The highest BCUT2D eigenvalue weighted by molar-refractivity contribution is 6.21. The van der Waals surface area contributed by atoms with E-state index >= 15 is 0 Å². The maximum absolute atomic E-state index is 12.9. The Hall–Kier alpha value is -1.99. The lowest BCUT2D eigenvalue weighted by atomic mass is 9.75. The molecule has 4 rings (SSSR count). The molecule has 9 heteroatoms. The lowest BCUT2D eigenvalue weighted by molar-refractivity contribution is -0.121. The van der Waals surface area contributed by atoms with Crippen LogP contribution >= 0.6 is 23.2 Å². The van der Waals surface area contributed by atoms with Crippen LogP contribution in [-0.2, 0) is 17.6 Å². The first-order chi connectivity index (χ1) is 18.4. The van der Waals surface area contributed by atoms with Crippen LogP contribution in [0.4, 0.5) is 0 Å². The predicted octanol–water partition coefficient (Wildman–Crippen LogP) is 6.25. The molecule has 2 saturated carbocycles. The Balaban J connectivity index is 1.12. The molecule has 0 aromatic carbocycles. The van der Waals surface area contributed by atoms with Crippen molar-refractivity contribution in [2.24, 2.45) is 23.7 Å². The van der Waals surface area contributed by atoms with Gasteiger partial charge in [-0.25, -0.2) is 0 Å². The van der Waals surface area contributed by atoms with E-state index in [-0.39, 0.29) is 10.8 Å². The van der Waals surface area contributed by atoms with E-state index in [0.717, 1.165) is 75.6 Å². The second kappa shape index (κ2) is 14.4. The van der Waals surface area contributed by atoms with E-state index in [4.69, 9.17) is 32.7 Å². The molecule has 0 saturated heterocycles. The van der Waals surface area contributed by atoms with Gasteiger partial charge in [-0.15, -0.1) is 33.4 Å². The van der Waals surface area contributed by atoms with Gasteiger partial charge in [0.15, 0.2) is 0 Å². The van der Waals surface area contributed by atoms with E-state index in [2.05, 4.69) is 20.4 Å². The standard InChI is InChI=1S/C29H40Cl2N4O3/c1-37-28-13-11-23(32-34-28)17-26(30)21-7-3-19(4-8-21)15-25(36)16-20-5-9-22(10-6-20)27(31)18-24-12-14-29(38-2)35-33-24/h11-14,19-22,26-27H,3-10,15-18H2,1-2H3/t19-,20?,21-,22?,26?,27?. The molecule has 0 spiro atoms. The summed E-state index contributed by atoms with van der Waals surface area (Å²) in [6.07, 6.45) is 11.5. The van der Waals surface area contributed by atoms with Crippen molar-refractivity contribution in [2.45, 2.75) is 87.8 Å². The second-order valence-electron chi connectivity index (χ2n) is 11.1. The molecule has 0 aliphatic heterocycles. The highest BCUT2D eigenvalue weighted by Gasteiger charge is 2.31. The second-order valence-corrected chi connectivity index (χ2v) is 12.2. The Morgan fingerprint density at radius 2 is 1.11 bits per heavy atom. The Morgan fingerprint density at radius 3 is 1.42 bits per heavy atom. The van der Waals surface area contributed by atoms with Crippen LogP contribution in [0.15, 0.2) is 24.3 Å². The number of alkyl halides is 2. The van der Waals surface area contributed by atoms with Crippen molar-refractivity contribution in [1.29, 1.82) is 0 Å². The van der Waals surface area contributed by atoms with Gasteiger partial charge in [0.25, 0.3) is 0 Å². The van der Waals surface area contributed by atoms with Crippen LogP contribution in [0.5, 0.6) is 11.8 Å². The fourth-order valence-electron chi connectivity index (χ4n) is 6.10. The van der Waals surface area contributed by atoms with Crippen LogP contribution in [0.25, 0.3) is 0 Å². The molecule has 2 aliphatic carbocycles. The number of halogens is 2. The van der Waals surface area contributed by atoms with Gasteiger partial charge in [-0.3, -0.25) is 4.79 Å². The number of methoxy groups -OCH3 is 2. The first kappa shape index (κ1) is 29.0. The van der Waals surface area contributed by atoms with Crippen molar-refractivity contribution in [3.63, 3.8) is 0 Å². The Labute approximate surface area is 236 Å². The highest BCUT2D eigenvalue weighted by Crippen LogP contribution is 2.38. The molecule has 2 fully saturated rings. The number of carbonyl (C=O) groups is 1. The molecule has 0 amide bonds. The summed E-state index contributed by atoms with van der Waals surface area (Å²) in [6.45, 7) is 0. The average Bonchev–Trinajstić information content (AvgIpc) is 2.94. The monoisotopic (exact) mass is 562 g/mol. The minimum Gasteiger partial charge on any atom is -0.480 e. The van der Waals surface area contributed by atoms with Gasteiger partial charge in [0.2, 0.25) is 11.8 Å². The van der Waals surface area contributed by atoms with Crippen molar-refractivity contribution in [1.82, 2.24) is 20.4 Å². The van der Waals surface area contributed by atoms with Crippen molar-refractivity contribution in [3.05, 3.63) is 35.7 Å². The molecule has 2 aliphatic rings. The summed E-state index contributed by atoms with van der Waals surface area (Å²) < 4.78 is 10.2. The number of aromatic nitrogens is 4. The quantitative estimate of drug-likeness (QED) is 0.282. The summed E-state index contributed by atoms with van der Waals surface area (Å²) in [4.78, 5) is 12.9. The van der Waals surface area contributed by atoms with Crippen LogP contribution in [-0.4, -0.2) is 51.2 Å². The van der Waals surface area contributed by atoms with Crippen LogP contribution in [0, 0.1) is 23.7 Å². The van der Waals surface area contributed by atoms with E-state index in [1.165, 1.54) is 0 Å². The SMILES string of the molecule is COc1ccc(CC(Cl)C2CCC(CC(=O)C[C@H]3CC[C@H](C(Cl)Cc4ccc(OC)nn4)CC3)CC2)nn1. The number of carbonyl (C=O) groups excluding carboxylic acids is 1. The Bertz CT molecular complexity index is 912. The van der Waals surface area contributed by atoms with Crippen molar-refractivity contribution in [2.75, 3.05) is 14.2 Å². The topological polar surface area (TPSA) is 87.1 Å². The molecular weight excluding hydrogens is 523 g/mol. The smallest absolute Gasteiger partial charge is 0.233 e. The van der Waals surface area contributed by atoms with Gasteiger partial charge < -0.3 is 9.47 Å². The Morgan fingerprint density at radius 1 is 0.711 bits per heavy atom. The molecule has 38 heavy (non-hydrogen) atoms. The van der Waals surface area contributed by atoms with E-state index in [9.17, 15) is 4.79 Å². The maximum Gasteiger partial charge on any atom is 0.233 e. The number of ether oxygens (including phenoxy) is 2. The zero-order chi connectivity index (χ0) is 26.9. The largest absolute Gasteiger partial charge is 0.480 e. The highest BCUT2D eigenvalue weighted by atomic mass is 35.5. The third-order valence-corrected chi connectivity index (χ3v) is 9.48. The van der Waals surface area contributed by atoms with E-state index in [1.54, 1.807) is 14.2 Å². The summed E-state index contributed by atoms with van der Waals surface area (Å²) >= 11 is 13.5. The number of rotatable bonds is 12. The van der Waals surface area contributed by atoms with Gasteiger partial charge in [0.05, 0.1) is 25.6 Å². The van der Waals surface area contributed by atoms with E-state index in [0.29, 0.717) is 54.1 Å². The third kappa shape index (κ3) is 8.51. The summed E-state index contributed by atoms with van der Waals surface area (Å²) in [5.41, 5.74) is 1.79. The number of Topliss-reactive ketones (excluding diaryl/α,β-unsaturated/α-hetero) is 1. The lowest BCUT2D eigenvalue weighted by Crippen LogP contribution is -2.27. The van der Waals surface area contributed by atoms with Gasteiger partial charge in [-0.1, -0.05) is 0 Å². The summed E-state index contributed by atoms with van der Waals surface area (Å²) in [5, 5.41) is 16.6. The maximum atomic E-state index is 12.9. The van der Waals surface area contributed by atoms with Crippen LogP contribution in [0.3, 0.4) is 0 Å². The molecule has 208 valence electrons. The molecule has 0 N–H and O–H groups in total.